The monoisotopic (exact) mass is 345 g/mol. The van der Waals surface area contributed by atoms with Crippen molar-refractivity contribution in [3.05, 3.63) is 24.2 Å². The molecule has 0 aliphatic carbocycles. The van der Waals surface area contributed by atoms with E-state index < -0.39 is 0 Å². The molecule has 3 heterocycles. The van der Waals surface area contributed by atoms with Crippen LogP contribution >= 0.6 is 0 Å². The highest BCUT2D eigenvalue weighted by Gasteiger charge is 2.23. The molecule has 0 aromatic carbocycles. The zero-order valence-electron chi connectivity index (χ0n) is 14.6. The molecule has 1 saturated heterocycles. The molecule has 0 spiro atoms. The normalized spacial score (nSPS) is 15.5. The van der Waals surface area contributed by atoms with Crippen molar-refractivity contribution in [2.24, 2.45) is 5.92 Å². The van der Waals surface area contributed by atoms with Gasteiger partial charge < -0.3 is 15.0 Å². The highest BCUT2D eigenvalue weighted by molar-refractivity contribution is 5.94. The van der Waals surface area contributed by atoms with Crippen molar-refractivity contribution in [2.45, 2.75) is 32.8 Å². The molecule has 0 radical (unpaired) electrons. The Balaban J connectivity index is 1.61. The summed E-state index contributed by atoms with van der Waals surface area (Å²) in [5.74, 6) is 0.942. The van der Waals surface area contributed by atoms with Crippen LogP contribution in [-0.4, -0.2) is 51.5 Å². The van der Waals surface area contributed by atoms with Gasteiger partial charge in [0.2, 0.25) is 11.8 Å². The van der Waals surface area contributed by atoms with E-state index in [2.05, 4.69) is 15.4 Å². The Morgan fingerprint density at radius 1 is 1.36 bits per heavy atom. The fourth-order valence-corrected chi connectivity index (χ4v) is 3.15. The average molecular weight is 345 g/mol. The van der Waals surface area contributed by atoms with Gasteiger partial charge in [0, 0.05) is 39.7 Å². The number of methoxy groups -OCH3 is 1. The van der Waals surface area contributed by atoms with Gasteiger partial charge in [-0.1, -0.05) is 0 Å². The van der Waals surface area contributed by atoms with Gasteiger partial charge in [0.1, 0.15) is 6.61 Å². The maximum Gasteiger partial charge on any atom is 0.224 e. The third-order valence-electron chi connectivity index (χ3n) is 4.49. The third kappa shape index (κ3) is 4.14. The van der Waals surface area contributed by atoms with Gasteiger partial charge in [-0.2, -0.15) is 0 Å². The van der Waals surface area contributed by atoms with E-state index in [0.29, 0.717) is 36.1 Å². The number of hydrogen-bond acceptors (Lipinski definition) is 5. The van der Waals surface area contributed by atoms with E-state index in [1.54, 1.807) is 24.7 Å². The molecule has 2 amide bonds. The van der Waals surface area contributed by atoms with E-state index in [4.69, 9.17) is 4.74 Å². The molecule has 2 aromatic heterocycles. The second-order valence-corrected chi connectivity index (χ2v) is 6.35. The Hall–Kier alpha value is -2.48. The number of amides is 2. The van der Waals surface area contributed by atoms with Gasteiger partial charge in [0.05, 0.1) is 5.69 Å². The lowest BCUT2D eigenvalue weighted by Crippen LogP contribution is -2.37. The molecule has 1 aliphatic rings. The Kier molecular flexibility index (Phi) is 5.28. The number of anilines is 1. The first kappa shape index (κ1) is 17.3. The van der Waals surface area contributed by atoms with Crippen molar-refractivity contribution in [1.82, 2.24) is 19.5 Å². The summed E-state index contributed by atoms with van der Waals surface area (Å²) in [4.78, 5) is 30.0. The van der Waals surface area contributed by atoms with Crippen LogP contribution in [0.2, 0.25) is 0 Å². The summed E-state index contributed by atoms with van der Waals surface area (Å²) in [7, 11) is 1.59. The van der Waals surface area contributed by atoms with E-state index in [9.17, 15) is 9.59 Å². The second-order valence-electron chi connectivity index (χ2n) is 6.35. The summed E-state index contributed by atoms with van der Waals surface area (Å²) in [5.41, 5.74) is 1.25. The first-order chi connectivity index (χ1) is 12.1. The van der Waals surface area contributed by atoms with E-state index in [1.165, 1.54) is 0 Å². The van der Waals surface area contributed by atoms with Gasteiger partial charge in [-0.25, -0.2) is 9.50 Å². The van der Waals surface area contributed by atoms with Crippen molar-refractivity contribution in [3.63, 3.8) is 0 Å². The first-order valence-electron chi connectivity index (χ1n) is 8.45. The first-order valence-corrected chi connectivity index (χ1v) is 8.45. The van der Waals surface area contributed by atoms with Crippen LogP contribution in [0.4, 0.5) is 5.69 Å². The highest BCUT2D eigenvalue weighted by Crippen LogP contribution is 2.22. The molecule has 25 heavy (non-hydrogen) atoms. The van der Waals surface area contributed by atoms with Crippen LogP contribution in [0, 0.1) is 5.92 Å². The summed E-state index contributed by atoms with van der Waals surface area (Å²) in [5, 5.41) is 7.24. The number of likely N-dealkylation sites (tertiary alicyclic amines) is 1. The van der Waals surface area contributed by atoms with Crippen LogP contribution in [0.5, 0.6) is 0 Å². The largest absolute Gasteiger partial charge is 0.377 e. The molecule has 1 fully saturated rings. The minimum absolute atomic E-state index is 0.0364. The predicted octanol–water partition coefficient (Wildman–Crippen LogP) is 1.46. The number of pyridine rings is 1. The van der Waals surface area contributed by atoms with E-state index in [0.717, 1.165) is 25.9 Å². The molecule has 8 heteroatoms. The van der Waals surface area contributed by atoms with Gasteiger partial charge in [-0.3, -0.25) is 9.59 Å². The summed E-state index contributed by atoms with van der Waals surface area (Å²) < 4.78 is 6.68. The number of aromatic nitrogens is 3. The fourth-order valence-electron chi connectivity index (χ4n) is 3.15. The maximum absolute atomic E-state index is 12.4. The Bertz CT molecular complexity index is 765. The molecular formula is C17H23N5O3. The minimum atomic E-state index is -0.0364. The van der Waals surface area contributed by atoms with Crippen molar-refractivity contribution >= 4 is 23.1 Å². The third-order valence-corrected chi connectivity index (χ3v) is 4.49. The topological polar surface area (TPSA) is 88.8 Å². The highest BCUT2D eigenvalue weighted by atomic mass is 16.5. The molecule has 0 atom stereocenters. The summed E-state index contributed by atoms with van der Waals surface area (Å²) in [6, 6.07) is 3.63. The minimum Gasteiger partial charge on any atom is -0.377 e. The summed E-state index contributed by atoms with van der Waals surface area (Å²) >= 11 is 0. The molecule has 1 aliphatic heterocycles. The lowest BCUT2D eigenvalue weighted by molar-refractivity contribution is -0.130. The van der Waals surface area contributed by atoms with E-state index in [-0.39, 0.29) is 11.8 Å². The molecule has 2 aromatic rings. The number of nitrogens with zero attached hydrogens (tertiary/aromatic N) is 4. The van der Waals surface area contributed by atoms with Crippen molar-refractivity contribution in [2.75, 3.05) is 25.5 Å². The van der Waals surface area contributed by atoms with Crippen LogP contribution in [0.25, 0.3) is 5.65 Å². The number of ether oxygens (including phenoxy) is 1. The molecular weight excluding hydrogens is 322 g/mol. The SMILES string of the molecule is COCc1nc2c(NC(=O)CC3CCN(C(C)=O)CC3)cccn2n1. The smallest absolute Gasteiger partial charge is 0.224 e. The zero-order valence-corrected chi connectivity index (χ0v) is 14.6. The molecule has 3 rings (SSSR count). The van der Waals surface area contributed by atoms with Gasteiger partial charge in [0.15, 0.2) is 11.5 Å². The number of nitrogens with one attached hydrogen (secondary N) is 1. The van der Waals surface area contributed by atoms with Gasteiger partial charge in [0.25, 0.3) is 0 Å². The Morgan fingerprint density at radius 2 is 2.12 bits per heavy atom. The Morgan fingerprint density at radius 3 is 2.80 bits per heavy atom. The van der Waals surface area contributed by atoms with Crippen molar-refractivity contribution in [3.8, 4) is 0 Å². The molecule has 0 bridgehead atoms. The quantitative estimate of drug-likeness (QED) is 0.886. The number of hydrogen-bond donors (Lipinski definition) is 1. The zero-order chi connectivity index (χ0) is 17.8. The van der Waals surface area contributed by atoms with Crippen LogP contribution in [0.15, 0.2) is 18.3 Å². The number of carbonyl (C=O) groups excluding carboxylic acids is 2. The van der Waals surface area contributed by atoms with Gasteiger partial charge in [-0.05, 0) is 30.9 Å². The van der Waals surface area contributed by atoms with E-state index >= 15 is 0 Å². The number of rotatable bonds is 5. The van der Waals surface area contributed by atoms with Crippen molar-refractivity contribution in [1.29, 1.82) is 0 Å². The average Bonchev–Trinajstić information content (AvgIpc) is 2.99. The van der Waals surface area contributed by atoms with Gasteiger partial charge in [-0.15, -0.1) is 5.10 Å². The fraction of sp³-hybridized carbons (Fsp3) is 0.529. The predicted molar refractivity (Wildman–Crippen MR) is 91.9 cm³/mol. The molecule has 8 nitrogen and oxygen atoms in total. The summed E-state index contributed by atoms with van der Waals surface area (Å²) in [6.45, 7) is 3.37. The van der Waals surface area contributed by atoms with Crippen LogP contribution in [0.3, 0.4) is 0 Å². The molecule has 1 N–H and O–H groups in total. The van der Waals surface area contributed by atoms with E-state index in [1.807, 2.05) is 17.0 Å². The number of carbonyl (C=O) groups is 2. The molecule has 134 valence electrons. The summed E-state index contributed by atoms with van der Waals surface area (Å²) in [6.07, 6.45) is 3.96. The molecule has 0 saturated carbocycles. The number of fused-ring (bicyclic) bond motifs is 1. The standard InChI is InChI=1S/C17H23N5O3/c1-12(23)21-8-5-13(6-9-21)10-16(24)18-14-4-3-7-22-17(14)19-15(20-22)11-25-2/h3-4,7,13H,5-6,8-11H2,1-2H3,(H,18,24). The lowest BCUT2D eigenvalue weighted by atomic mass is 9.93. The van der Waals surface area contributed by atoms with Crippen LogP contribution in [0.1, 0.15) is 32.0 Å². The van der Waals surface area contributed by atoms with Crippen LogP contribution < -0.4 is 5.32 Å². The van der Waals surface area contributed by atoms with Gasteiger partial charge >= 0.3 is 0 Å². The second kappa shape index (κ2) is 7.60. The Labute approximate surface area is 146 Å². The van der Waals surface area contributed by atoms with Crippen molar-refractivity contribution < 1.29 is 14.3 Å². The number of piperidine rings is 1. The van der Waals surface area contributed by atoms with Crippen LogP contribution in [-0.2, 0) is 20.9 Å². The lowest BCUT2D eigenvalue weighted by Gasteiger charge is -2.30. The molecule has 0 unspecified atom stereocenters. The maximum atomic E-state index is 12.4.